The lowest BCUT2D eigenvalue weighted by Gasteiger charge is -2.17. The first-order valence-corrected chi connectivity index (χ1v) is 8.25. The predicted molar refractivity (Wildman–Crippen MR) is 96.2 cm³/mol. The van der Waals surface area contributed by atoms with E-state index >= 15 is 0 Å². The van der Waals surface area contributed by atoms with Crippen molar-refractivity contribution in [2.75, 3.05) is 27.3 Å². The molecule has 0 aliphatic carbocycles. The lowest BCUT2D eigenvalue weighted by molar-refractivity contribution is -0.137. The van der Waals surface area contributed by atoms with E-state index in [9.17, 15) is 14.4 Å². The van der Waals surface area contributed by atoms with E-state index in [1.165, 1.54) is 25.3 Å². The second-order valence-corrected chi connectivity index (χ2v) is 5.89. The lowest BCUT2D eigenvalue weighted by atomic mass is 10.1. The van der Waals surface area contributed by atoms with Gasteiger partial charge in [0.05, 0.1) is 26.5 Å². The predicted octanol–water partition coefficient (Wildman–Crippen LogP) is 1.53. The summed E-state index contributed by atoms with van der Waals surface area (Å²) < 4.78 is 15.3. The van der Waals surface area contributed by atoms with Crippen LogP contribution in [0.15, 0.2) is 41.0 Å². The van der Waals surface area contributed by atoms with Crippen molar-refractivity contribution >= 4 is 17.8 Å². The topological polar surface area (TPSA) is 98.1 Å². The Morgan fingerprint density at radius 2 is 2.00 bits per heavy atom. The molecule has 27 heavy (non-hydrogen) atoms. The zero-order valence-corrected chi connectivity index (χ0v) is 15.5. The van der Waals surface area contributed by atoms with Gasteiger partial charge in [-0.15, -0.1) is 0 Å². The molecule has 0 bridgehead atoms. The van der Waals surface area contributed by atoms with Crippen LogP contribution in [0, 0.1) is 6.92 Å². The fourth-order valence-corrected chi connectivity index (χ4v) is 2.25. The van der Waals surface area contributed by atoms with Crippen LogP contribution in [0.5, 0.6) is 5.75 Å². The first-order valence-electron chi connectivity index (χ1n) is 8.25. The molecule has 1 heterocycles. The highest BCUT2D eigenvalue weighted by Crippen LogP contribution is 2.20. The van der Waals surface area contributed by atoms with Crippen LogP contribution in [0.1, 0.15) is 21.7 Å². The molecule has 1 N–H and O–H groups in total. The molecule has 2 rings (SSSR count). The molecule has 0 spiro atoms. The highest BCUT2D eigenvalue weighted by molar-refractivity contribution is 5.94. The van der Waals surface area contributed by atoms with Gasteiger partial charge in [0.15, 0.2) is 6.61 Å². The number of hydrogen-bond acceptors (Lipinski definition) is 6. The number of hydrogen-bond donors (Lipinski definition) is 1. The molecule has 0 unspecified atom stereocenters. The summed E-state index contributed by atoms with van der Waals surface area (Å²) >= 11 is 0. The Bertz CT molecular complexity index is 801. The number of benzene rings is 1. The molecule has 0 aliphatic rings. The third-order valence-electron chi connectivity index (χ3n) is 3.75. The third-order valence-corrected chi connectivity index (χ3v) is 3.75. The van der Waals surface area contributed by atoms with Crippen molar-refractivity contribution in [3.8, 4) is 5.75 Å². The quantitative estimate of drug-likeness (QED) is 0.704. The summed E-state index contributed by atoms with van der Waals surface area (Å²) in [7, 11) is 2.90. The molecule has 144 valence electrons. The van der Waals surface area contributed by atoms with Gasteiger partial charge in [-0.1, -0.05) is 11.6 Å². The number of aryl methyl sites for hydroxylation is 1. The fourth-order valence-electron chi connectivity index (χ4n) is 2.25. The summed E-state index contributed by atoms with van der Waals surface area (Å²) in [4.78, 5) is 37.3. The van der Waals surface area contributed by atoms with E-state index in [2.05, 4.69) is 5.32 Å². The molecular formula is C19H22N2O6. The van der Waals surface area contributed by atoms with Gasteiger partial charge in [-0.3, -0.25) is 9.59 Å². The summed E-state index contributed by atoms with van der Waals surface area (Å²) in [5.74, 6) is -0.543. The van der Waals surface area contributed by atoms with Gasteiger partial charge in [0.25, 0.3) is 5.91 Å². The molecule has 0 saturated carbocycles. The molecule has 0 saturated heterocycles. The normalized spacial score (nSPS) is 10.2. The highest BCUT2D eigenvalue weighted by Gasteiger charge is 2.18. The van der Waals surface area contributed by atoms with Gasteiger partial charge < -0.3 is 24.1 Å². The number of carbonyl (C=O) groups excluding carboxylic acids is 3. The molecule has 0 fully saturated rings. The lowest BCUT2D eigenvalue weighted by Crippen LogP contribution is -2.39. The number of nitrogens with zero attached hydrogens (tertiary/aromatic N) is 1. The highest BCUT2D eigenvalue weighted by atomic mass is 16.5. The Hall–Kier alpha value is -3.29. The van der Waals surface area contributed by atoms with Crippen LogP contribution in [0.4, 0.5) is 0 Å². The summed E-state index contributed by atoms with van der Waals surface area (Å²) in [5, 5.41) is 2.63. The van der Waals surface area contributed by atoms with Crippen LogP contribution in [0.25, 0.3) is 0 Å². The summed E-state index contributed by atoms with van der Waals surface area (Å²) in [5.41, 5.74) is 1.10. The minimum absolute atomic E-state index is 0.162. The summed E-state index contributed by atoms with van der Waals surface area (Å²) in [6, 6.07) is 8.53. The van der Waals surface area contributed by atoms with Crippen molar-refractivity contribution in [3.05, 3.63) is 53.5 Å². The zero-order valence-electron chi connectivity index (χ0n) is 15.5. The molecule has 8 nitrogen and oxygen atoms in total. The average Bonchev–Trinajstić information content (AvgIpc) is 3.17. The number of ether oxygens (including phenoxy) is 2. The van der Waals surface area contributed by atoms with E-state index in [0.717, 1.165) is 5.56 Å². The molecule has 1 aromatic carbocycles. The van der Waals surface area contributed by atoms with Gasteiger partial charge in [0.2, 0.25) is 5.91 Å². The molecule has 1 aromatic heterocycles. The number of rotatable bonds is 8. The van der Waals surface area contributed by atoms with Gasteiger partial charge in [0, 0.05) is 7.05 Å². The van der Waals surface area contributed by atoms with Crippen molar-refractivity contribution < 1.29 is 28.3 Å². The third kappa shape index (κ3) is 5.88. The summed E-state index contributed by atoms with van der Waals surface area (Å²) in [6.45, 7) is 1.43. The van der Waals surface area contributed by atoms with Crippen molar-refractivity contribution in [1.29, 1.82) is 0 Å². The number of nitrogens with one attached hydrogen (secondary N) is 1. The largest absolute Gasteiger partial charge is 0.496 e. The Labute approximate surface area is 157 Å². The maximum absolute atomic E-state index is 12.2. The van der Waals surface area contributed by atoms with Gasteiger partial charge >= 0.3 is 5.97 Å². The Balaban J connectivity index is 1.81. The SMILES string of the molecule is COc1ccc(C)cc1C(=O)OCC(=O)N(C)CC(=O)NCc1ccco1. The van der Waals surface area contributed by atoms with Gasteiger partial charge in [-0.25, -0.2) is 4.79 Å². The number of likely N-dealkylation sites (N-methyl/N-ethyl adjacent to an activating group) is 1. The monoisotopic (exact) mass is 374 g/mol. The molecule has 2 amide bonds. The molecular weight excluding hydrogens is 352 g/mol. The van der Waals surface area contributed by atoms with Crippen LogP contribution in [-0.4, -0.2) is 50.0 Å². The standard InChI is InChI=1S/C19H22N2O6/c1-13-6-7-16(25-3)15(9-13)19(24)27-12-18(23)21(2)11-17(22)20-10-14-5-4-8-26-14/h4-9H,10-12H2,1-3H3,(H,20,22). The second-order valence-electron chi connectivity index (χ2n) is 5.89. The molecule has 0 aliphatic heterocycles. The number of furan rings is 1. The minimum Gasteiger partial charge on any atom is -0.496 e. The Morgan fingerprint density at radius 1 is 1.22 bits per heavy atom. The second kappa shape index (κ2) is 9.42. The van der Waals surface area contributed by atoms with E-state index in [1.54, 1.807) is 30.3 Å². The van der Waals surface area contributed by atoms with Gasteiger partial charge in [0.1, 0.15) is 17.1 Å². The van der Waals surface area contributed by atoms with E-state index < -0.39 is 18.5 Å². The van der Waals surface area contributed by atoms with Crippen LogP contribution in [0.2, 0.25) is 0 Å². The molecule has 2 aromatic rings. The van der Waals surface area contributed by atoms with Gasteiger partial charge in [-0.05, 0) is 31.2 Å². The van der Waals surface area contributed by atoms with Crippen molar-refractivity contribution in [2.45, 2.75) is 13.5 Å². The van der Waals surface area contributed by atoms with Gasteiger partial charge in [-0.2, -0.15) is 0 Å². The molecule has 0 radical (unpaired) electrons. The maximum atomic E-state index is 12.2. The first-order chi connectivity index (χ1) is 12.9. The Morgan fingerprint density at radius 3 is 2.67 bits per heavy atom. The van der Waals surface area contributed by atoms with Crippen LogP contribution in [0.3, 0.4) is 0 Å². The van der Waals surface area contributed by atoms with Crippen LogP contribution < -0.4 is 10.1 Å². The van der Waals surface area contributed by atoms with Crippen molar-refractivity contribution in [2.24, 2.45) is 0 Å². The van der Waals surface area contributed by atoms with E-state index in [-0.39, 0.29) is 24.6 Å². The number of methoxy groups -OCH3 is 1. The first kappa shape index (κ1) is 20.0. The minimum atomic E-state index is -0.667. The van der Waals surface area contributed by atoms with Crippen molar-refractivity contribution in [3.63, 3.8) is 0 Å². The smallest absolute Gasteiger partial charge is 0.342 e. The van der Waals surface area contributed by atoms with Crippen LogP contribution in [-0.2, 0) is 20.9 Å². The zero-order chi connectivity index (χ0) is 19.8. The van der Waals surface area contributed by atoms with E-state index in [1.807, 2.05) is 6.92 Å². The van der Waals surface area contributed by atoms with E-state index in [0.29, 0.717) is 11.5 Å². The molecule has 0 atom stereocenters. The average molecular weight is 374 g/mol. The summed E-state index contributed by atoms with van der Waals surface area (Å²) in [6.07, 6.45) is 1.51. The number of amides is 2. The Kier molecular flexibility index (Phi) is 6.99. The number of carbonyl (C=O) groups is 3. The number of esters is 1. The van der Waals surface area contributed by atoms with Crippen molar-refractivity contribution in [1.82, 2.24) is 10.2 Å². The van der Waals surface area contributed by atoms with E-state index in [4.69, 9.17) is 13.9 Å². The van der Waals surface area contributed by atoms with Crippen LogP contribution >= 0.6 is 0 Å². The fraction of sp³-hybridized carbons (Fsp3) is 0.316. The molecule has 8 heteroatoms. The maximum Gasteiger partial charge on any atom is 0.342 e.